The number of hydrogen-bond donors (Lipinski definition) is 0. The van der Waals surface area contributed by atoms with Crippen LogP contribution in [0.1, 0.15) is 25.0 Å². The van der Waals surface area contributed by atoms with E-state index in [1.54, 1.807) is 7.11 Å². The van der Waals surface area contributed by atoms with Gasteiger partial charge >= 0.3 is 5.63 Å². The van der Waals surface area contributed by atoms with Crippen molar-refractivity contribution in [2.24, 2.45) is 5.11 Å². The number of ether oxygens (including phenoxy) is 2. The van der Waals surface area contributed by atoms with Gasteiger partial charge in [0.1, 0.15) is 16.3 Å². The first-order valence-corrected chi connectivity index (χ1v) is 8.45. The maximum atomic E-state index is 11.9. The largest absolute Gasteiger partial charge is 0.496 e. The number of halogens is 1. The van der Waals surface area contributed by atoms with Gasteiger partial charge in [-0.3, -0.25) is 0 Å². The molecule has 0 N–H and O–H groups in total. The summed E-state index contributed by atoms with van der Waals surface area (Å²) in [6.45, 7) is 3.85. The first-order valence-electron chi connectivity index (χ1n) is 7.65. The summed E-state index contributed by atoms with van der Waals surface area (Å²) in [6, 6.07) is 7.70. The van der Waals surface area contributed by atoms with Crippen LogP contribution in [0.2, 0.25) is 0 Å². The van der Waals surface area contributed by atoms with Crippen molar-refractivity contribution in [3.63, 3.8) is 0 Å². The number of allylic oxidation sites excluding steroid dienone is 1. The fourth-order valence-electron chi connectivity index (χ4n) is 2.93. The van der Waals surface area contributed by atoms with Crippen LogP contribution >= 0.6 is 15.9 Å². The first kappa shape index (κ1) is 17.4. The Labute approximate surface area is 153 Å². The summed E-state index contributed by atoms with van der Waals surface area (Å²) in [6.07, 6.45) is 0.262. The van der Waals surface area contributed by atoms with E-state index in [-0.39, 0.29) is 22.2 Å². The molecule has 6 nitrogen and oxygen atoms in total. The van der Waals surface area contributed by atoms with E-state index in [0.717, 1.165) is 22.5 Å². The molecule has 0 spiro atoms. The highest BCUT2D eigenvalue weighted by molar-refractivity contribution is 9.10. The van der Waals surface area contributed by atoms with Crippen molar-refractivity contribution >= 4 is 27.4 Å². The fraction of sp³-hybridized carbons (Fsp3) is 0.278. The molecule has 25 heavy (non-hydrogen) atoms. The molecule has 0 saturated heterocycles. The summed E-state index contributed by atoms with van der Waals surface area (Å²) in [4.78, 5) is 11.9. The normalized spacial score (nSPS) is 16.2. The number of para-hydroxylation sites is 1. The third kappa shape index (κ3) is 3.00. The maximum Gasteiger partial charge on any atom is 0.352 e. The van der Waals surface area contributed by atoms with Gasteiger partial charge in [0, 0.05) is 12.0 Å². The average Bonchev–Trinajstić information content (AvgIpc) is 2.62. The molecule has 129 valence electrons. The van der Waals surface area contributed by atoms with Crippen LogP contribution in [0.25, 0.3) is 5.57 Å². The minimum Gasteiger partial charge on any atom is -0.496 e. The Hall–Kier alpha value is -2.41. The molecule has 0 amide bonds. The average molecular weight is 404 g/mol. The lowest BCUT2D eigenvalue weighted by molar-refractivity contribution is 0.224. The van der Waals surface area contributed by atoms with Crippen LogP contribution < -0.4 is 20.6 Å². The molecule has 7 heteroatoms. The molecule has 0 bridgehead atoms. The van der Waals surface area contributed by atoms with E-state index in [1.807, 2.05) is 38.1 Å². The van der Waals surface area contributed by atoms with Gasteiger partial charge in [-0.15, -0.1) is 0 Å². The molecule has 1 atom stereocenters. The molecule has 3 rings (SSSR count). The van der Waals surface area contributed by atoms with Crippen molar-refractivity contribution in [2.45, 2.75) is 26.4 Å². The first-order chi connectivity index (χ1) is 12.0. The van der Waals surface area contributed by atoms with E-state index in [9.17, 15) is 10.3 Å². The number of nitrogens with zero attached hydrogens (tertiary/aromatic N) is 2. The summed E-state index contributed by atoms with van der Waals surface area (Å²) < 4.78 is 16.7. The van der Waals surface area contributed by atoms with Gasteiger partial charge in [-0.25, -0.2) is 4.79 Å². The third-order valence-electron chi connectivity index (χ3n) is 4.41. The van der Waals surface area contributed by atoms with Gasteiger partial charge in [0.2, 0.25) is 0 Å². The number of benzene rings is 1. The Morgan fingerprint density at radius 2 is 2.04 bits per heavy atom. The zero-order valence-corrected chi connectivity index (χ0v) is 15.6. The standard InChI is InChI=1S/C18H16BrN2O4/c1-9-10(2)14-15(19)18(22)25-17(21-20)16(14)24-13(9)8-11-6-4-5-7-12(11)23-3/h4-7,13H,8H2,1-3H3. The molecule has 2 heterocycles. The van der Waals surface area contributed by atoms with Crippen molar-refractivity contribution in [1.82, 2.24) is 5.53 Å². The highest BCUT2D eigenvalue weighted by Crippen LogP contribution is 2.44. The summed E-state index contributed by atoms with van der Waals surface area (Å²) in [5.74, 6) is 0.784. The zero-order valence-electron chi connectivity index (χ0n) is 14.0. The minimum atomic E-state index is -0.620. The molecule has 1 aromatic carbocycles. The molecule has 1 aliphatic heterocycles. The smallest absolute Gasteiger partial charge is 0.352 e. The van der Waals surface area contributed by atoms with E-state index >= 15 is 0 Å². The van der Waals surface area contributed by atoms with Gasteiger partial charge < -0.3 is 13.9 Å². The Bertz CT molecular complexity index is 933. The maximum absolute atomic E-state index is 11.9. The number of fused-ring (bicyclic) bond motifs is 1. The van der Waals surface area contributed by atoms with Crippen molar-refractivity contribution in [3.8, 4) is 11.5 Å². The Balaban J connectivity index is 2.09. The van der Waals surface area contributed by atoms with Crippen LogP contribution in [-0.4, -0.2) is 13.2 Å². The van der Waals surface area contributed by atoms with Gasteiger partial charge in [0.05, 0.1) is 7.11 Å². The predicted octanol–water partition coefficient (Wildman–Crippen LogP) is 4.09. The van der Waals surface area contributed by atoms with Crippen LogP contribution in [-0.2, 0) is 6.42 Å². The molecular weight excluding hydrogens is 388 g/mol. The van der Waals surface area contributed by atoms with E-state index < -0.39 is 5.63 Å². The monoisotopic (exact) mass is 403 g/mol. The minimum absolute atomic E-state index is 0.236. The molecule has 1 aliphatic rings. The molecule has 0 aliphatic carbocycles. The molecule has 1 unspecified atom stereocenters. The highest BCUT2D eigenvalue weighted by Gasteiger charge is 2.31. The van der Waals surface area contributed by atoms with E-state index in [0.29, 0.717) is 12.0 Å². The molecule has 0 fully saturated rings. The second-order valence-electron chi connectivity index (χ2n) is 5.74. The van der Waals surface area contributed by atoms with Crippen LogP contribution in [0.15, 0.2) is 48.6 Å². The topological polar surface area (TPSA) is 83.3 Å². The van der Waals surface area contributed by atoms with Gasteiger partial charge in [0.15, 0.2) is 5.75 Å². The highest BCUT2D eigenvalue weighted by atomic mass is 79.9. The van der Waals surface area contributed by atoms with E-state index in [4.69, 9.17) is 13.9 Å². The fourth-order valence-corrected chi connectivity index (χ4v) is 3.49. The Morgan fingerprint density at radius 1 is 1.32 bits per heavy atom. The Morgan fingerprint density at radius 3 is 2.72 bits per heavy atom. The lowest BCUT2D eigenvalue weighted by atomic mass is 9.92. The second-order valence-corrected chi connectivity index (χ2v) is 6.54. The van der Waals surface area contributed by atoms with Gasteiger partial charge in [-0.1, -0.05) is 23.3 Å². The molecule has 2 aromatic rings. The molecule has 0 saturated carbocycles. The summed E-state index contributed by atoms with van der Waals surface area (Å²) in [5.41, 5.74) is 12.0. The van der Waals surface area contributed by atoms with E-state index in [2.05, 4.69) is 21.0 Å². The number of rotatable bonds is 4. The molecule has 1 radical (unpaired) electrons. The van der Waals surface area contributed by atoms with Crippen molar-refractivity contribution in [1.29, 1.82) is 0 Å². The molecule has 1 aromatic heterocycles. The predicted molar refractivity (Wildman–Crippen MR) is 96.3 cm³/mol. The summed E-state index contributed by atoms with van der Waals surface area (Å²) in [5, 5.41) is 3.06. The number of hydrogen-bond acceptors (Lipinski definition) is 5. The van der Waals surface area contributed by atoms with Crippen LogP contribution in [0, 0.1) is 0 Å². The van der Waals surface area contributed by atoms with Crippen LogP contribution in [0.4, 0.5) is 5.88 Å². The SMILES string of the molecule is COc1ccccc1CC1Oc2c(N=[N])oc(=O)c(Br)c2C(C)=C1C. The summed E-state index contributed by atoms with van der Waals surface area (Å²) in [7, 11) is 1.62. The number of methoxy groups -OCH3 is 1. The van der Waals surface area contributed by atoms with Crippen LogP contribution in [0.5, 0.6) is 11.5 Å². The molecular formula is C18H16BrN2O4. The van der Waals surface area contributed by atoms with Crippen molar-refractivity contribution < 1.29 is 13.9 Å². The van der Waals surface area contributed by atoms with Crippen molar-refractivity contribution in [3.05, 3.63) is 55.9 Å². The van der Waals surface area contributed by atoms with Gasteiger partial charge in [-0.2, -0.15) is 0 Å². The summed E-state index contributed by atoms with van der Waals surface area (Å²) >= 11 is 3.24. The zero-order chi connectivity index (χ0) is 18.1. The lowest BCUT2D eigenvalue weighted by Crippen LogP contribution is -2.27. The second kappa shape index (κ2) is 6.84. The third-order valence-corrected chi connectivity index (χ3v) is 5.13. The van der Waals surface area contributed by atoms with Crippen molar-refractivity contribution in [2.75, 3.05) is 7.11 Å². The van der Waals surface area contributed by atoms with Gasteiger partial charge in [-0.05, 0) is 58.1 Å². The van der Waals surface area contributed by atoms with Crippen LogP contribution in [0.3, 0.4) is 0 Å². The van der Waals surface area contributed by atoms with E-state index in [1.165, 1.54) is 0 Å². The Kier molecular flexibility index (Phi) is 4.76. The lowest BCUT2D eigenvalue weighted by Gasteiger charge is -2.29. The quantitative estimate of drug-likeness (QED) is 0.719. The van der Waals surface area contributed by atoms with Gasteiger partial charge in [0.25, 0.3) is 5.88 Å².